The van der Waals surface area contributed by atoms with Crippen molar-refractivity contribution in [3.63, 3.8) is 0 Å². The molecule has 1 unspecified atom stereocenters. The molecule has 1 atom stereocenters. The average Bonchev–Trinajstić information content (AvgIpc) is 2.77. The van der Waals surface area contributed by atoms with Crippen LogP contribution in [0.1, 0.15) is 30.1 Å². The van der Waals surface area contributed by atoms with Gasteiger partial charge < -0.3 is 4.79 Å². The molecule has 0 aliphatic carbocycles. The summed E-state index contributed by atoms with van der Waals surface area (Å²) < 4.78 is 36.9. The number of hydrogen-bond donors (Lipinski definition) is 0. The SMILES string of the molecule is C=O.CN1CCCC1c1ccc(C(F)(F)F)nc1. The summed E-state index contributed by atoms with van der Waals surface area (Å²) in [5.41, 5.74) is 0.0462. The molecule has 100 valence electrons. The van der Waals surface area contributed by atoms with E-state index in [-0.39, 0.29) is 6.04 Å². The molecular formula is C12H15F3N2O. The third-order valence-corrected chi connectivity index (χ3v) is 2.98. The maximum atomic E-state index is 12.3. The van der Waals surface area contributed by atoms with Crippen molar-refractivity contribution in [1.82, 2.24) is 9.88 Å². The van der Waals surface area contributed by atoms with Crippen LogP contribution >= 0.6 is 0 Å². The van der Waals surface area contributed by atoms with Crippen LogP contribution in [0.3, 0.4) is 0 Å². The lowest BCUT2D eigenvalue weighted by Crippen LogP contribution is -2.18. The predicted molar refractivity (Wildman–Crippen MR) is 61.0 cm³/mol. The van der Waals surface area contributed by atoms with Gasteiger partial charge in [-0.05, 0) is 38.1 Å². The molecule has 0 radical (unpaired) electrons. The fourth-order valence-electron chi connectivity index (χ4n) is 2.10. The van der Waals surface area contributed by atoms with Gasteiger partial charge in [-0.2, -0.15) is 13.2 Å². The lowest BCUT2D eigenvalue weighted by Gasteiger charge is -2.19. The van der Waals surface area contributed by atoms with Crippen LogP contribution in [0.5, 0.6) is 0 Å². The zero-order valence-corrected chi connectivity index (χ0v) is 10.1. The summed E-state index contributed by atoms with van der Waals surface area (Å²) in [5, 5.41) is 0. The Morgan fingerprint density at radius 3 is 2.44 bits per heavy atom. The lowest BCUT2D eigenvalue weighted by molar-refractivity contribution is -0.141. The van der Waals surface area contributed by atoms with Gasteiger partial charge in [0.25, 0.3) is 0 Å². The highest BCUT2D eigenvalue weighted by Crippen LogP contribution is 2.32. The van der Waals surface area contributed by atoms with Gasteiger partial charge in [0.15, 0.2) is 0 Å². The molecule has 1 aromatic heterocycles. The van der Waals surface area contributed by atoms with Gasteiger partial charge >= 0.3 is 6.18 Å². The first-order valence-electron chi connectivity index (χ1n) is 5.51. The van der Waals surface area contributed by atoms with Gasteiger partial charge in [-0.1, -0.05) is 6.07 Å². The summed E-state index contributed by atoms with van der Waals surface area (Å²) in [7, 11) is 1.98. The number of hydrogen-bond acceptors (Lipinski definition) is 3. The van der Waals surface area contributed by atoms with E-state index in [9.17, 15) is 13.2 Å². The number of alkyl halides is 3. The molecule has 1 saturated heterocycles. The van der Waals surface area contributed by atoms with Crippen LogP contribution in [0.25, 0.3) is 0 Å². The van der Waals surface area contributed by atoms with Crippen LogP contribution in [-0.4, -0.2) is 30.3 Å². The van der Waals surface area contributed by atoms with E-state index in [2.05, 4.69) is 9.88 Å². The second kappa shape index (κ2) is 5.95. The van der Waals surface area contributed by atoms with Crippen molar-refractivity contribution in [3.05, 3.63) is 29.6 Å². The van der Waals surface area contributed by atoms with Crippen molar-refractivity contribution in [2.75, 3.05) is 13.6 Å². The standard InChI is InChI=1S/C11H13F3N2.CH2O/c1-16-6-2-3-9(16)8-4-5-10(15-7-8)11(12,13)14;1-2/h4-5,7,9H,2-3,6H2,1H3;1H2. The van der Waals surface area contributed by atoms with E-state index >= 15 is 0 Å². The zero-order valence-electron chi connectivity index (χ0n) is 10.1. The second-order valence-electron chi connectivity index (χ2n) is 4.11. The summed E-state index contributed by atoms with van der Waals surface area (Å²) in [4.78, 5) is 13.6. The van der Waals surface area contributed by atoms with E-state index in [0.717, 1.165) is 31.0 Å². The molecule has 2 heterocycles. The highest BCUT2D eigenvalue weighted by Gasteiger charge is 2.32. The molecule has 0 bridgehead atoms. The molecule has 0 amide bonds. The number of rotatable bonds is 1. The third kappa shape index (κ3) is 3.29. The number of carbonyl (C=O) groups is 1. The first-order chi connectivity index (χ1) is 8.48. The summed E-state index contributed by atoms with van der Waals surface area (Å²) in [6, 6.07) is 2.80. The zero-order chi connectivity index (χ0) is 13.8. The molecule has 2 rings (SSSR count). The Hall–Kier alpha value is -1.43. The van der Waals surface area contributed by atoms with Gasteiger partial charge in [-0.15, -0.1) is 0 Å². The van der Waals surface area contributed by atoms with E-state index in [4.69, 9.17) is 4.79 Å². The molecule has 1 aromatic rings. The van der Waals surface area contributed by atoms with Crippen molar-refractivity contribution in [2.45, 2.75) is 25.1 Å². The van der Waals surface area contributed by atoms with Crippen LogP contribution in [0.2, 0.25) is 0 Å². The molecule has 0 aromatic carbocycles. The summed E-state index contributed by atoms with van der Waals surface area (Å²) in [6.45, 7) is 2.99. The van der Waals surface area contributed by atoms with Crippen LogP contribution < -0.4 is 0 Å². The summed E-state index contributed by atoms with van der Waals surface area (Å²) in [6.07, 6.45) is -0.929. The Bertz CT molecular complexity index is 378. The Labute approximate surface area is 104 Å². The predicted octanol–water partition coefficient (Wildman–Crippen LogP) is 2.68. The molecule has 1 aliphatic rings. The molecule has 0 N–H and O–H groups in total. The maximum Gasteiger partial charge on any atom is 0.433 e. The maximum absolute atomic E-state index is 12.3. The first kappa shape index (κ1) is 14.6. The Balaban J connectivity index is 0.000000771. The quantitative estimate of drug-likeness (QED) is 0.778. The van der Waals surface area contributed by atoms with Gasteiger partial charge in [-0.3, -0.25) is 9.88 Å². The summed E-state index contributed by atoms with van der Waals surface area (Å²) in [5.74, 6) is 0. The van der Waals surface area contributed by atoms with Gasteiger partial charge in [-0.25, -0.2) is 0 Å². The molecule has 1 aliphatic heterocycles. The molecule has 0 spiro atoms. The minimum atomic E-state index is -4.35. The van der Waals surface area contributed by atoms with Crippen LogP contribution in [0.15, 0.2) is 18.3 Å². The fourth-order valence-corrected chi connectivity index (χ4v) is 2.10. The second-order valence-corrected chi connectivity index (χ2v) is 4.11. The minimum Gasteiger partial charge on any atom is -0.307 e. The Kier molecular flexibility index (Phi) is 4.84. The first-order valence-corrected chi connectivity index (χ1v) is 5.51. The van der Waals surface area contributed by atoms with Gasteiger partial charge in [0.05, 0.1) is 0 Å². The van der Waals surface area contributed by atoms with Crippen LogP contribution in [0, 0.1) is 0 Å². The van der Waals surface area contributed by atoms with Gasteiger partial charge in [0, 0.05) is 12.2 Å². The fraction of sp³-hybridized carbons (Fsp3) is 0.500. The number of nitrogens with zero attached hydrogens (tertiary/aromatic N) is 2. The number of pyridine rings is 1. The average molecular weight is 260 g/mol. The molecule has 3 nitrogen and oxygen atoms in total. The van der Waals surface area contributed by atoms with Crippen molar-refractivity contribution in [2.24, 2.45) is 0 Å². The Morgan fingerprint density at radius 1 is 1.39 bits per heavy atom. The van der Waals surface area contributed by atoms with Crippen molar-refractivity contribution < 1.29 is 18.0 Å². The molecule has 6 heteroatoms. The topological polar surface area (TPSA) is 33.2 Å². The lowest BCUT2D eigenvalue weighted by atomic mass is 10.1. The van der Waals surface area contributed by atoms with E-state index in [1.165, 1.54) is 12.3 Å². The highest BCUT2D eigenvalue weighted by atomic mass is 19.4. The van der Waals surface area contributed by atoms with E-state index in [1.54, 1.807) is 0 Å². The van der Waals surface area contributed by atoms with Crippen LogP contribution in [0.4, 0.5) is 13.2 Å². The molecule has 18 heavy (non-hydrogen) atoms. The van der Waals surface area contributed by atoms with Crippen molar-refractivity contribution in [1.29, 1.82) is 0 Å². The third-order valence-electron chi connectivity index (χ3n) is 2.98. The molecule has 1 fully saturated rings. The Morgan fingerprint density at radius 2 is 2.06 bits per heavy atom. The van der Waals surface area contributed by atoms with Crippen LogP contribution in [-0.2, 0) is 11.0 Å². The molecule has 0 saturated carbocycles. The molecular weight excluding hydrogens is 245 g/mol. The normalized spacial score (nSPS) is 20.3. The highest BCUT2D eigenvalue weighted by molar-refractivity contribution is 5.20. The number of aromatic nitrogens is 1. The number of halogens is 3. The largest absolute Gasteiger partial charge is 0.433 e. The number of likely N-dealkylation sites (tertiary alicyclic amines) is 1. The van der Waals surface area contributed by atoms with Crippen molar-refractivity contribution in [3.8, 4) is 0 Å². The van der Waals surface area contributed by atoms with E-state index in [0.29, 0.717) is 0 Å². The van der Waals surface area contributed by atoms with Gasteiger partial charge in [0.2, 0.25) is 0 Å². The van der Waals surface area contributed by atoms with E-state index in [1.807, 2.05) is 13.8 Å². The van der Waals surface area contributed by atoms with E-state index < -0.39 is 11.9 Å². The summed E-state index contributed by atoms with van der Waals surface area (Å²) >= 11 is 0. The van der Waals surface area contributed by atoms with Crippen molar-refractivity contribution >= 4 is 6.79 Å². The minimum absolute atomic E-state index is 0.217. The smallest absolute Gasteiger partial charge is 0.307 e. The number of carbonyl (C=O) groups excluding carboxylic acids is 1. The van der Waals surface area contributed by atoms with Gasteiger partial charge in [0.1, 0.15) is 12.5 Å². The monoisotopic (exact) mass is 260 g/mol.